The summed E-state index contributed by atoms with van der Waals surface area (Å²) >= 11 is 10.3. The van der Waals surface area contributed by atoms with E-state index in [2.05, 4.69) is 28.2 Å². The van der Waals surface area contributed by atoms with Gasteiger partial charge >= 0.3 is 6.09 Å². The van der Waals surface area contributed by atoms with Crippen LogP contribution < -0.4 is 20.9 Å². The molecule has 0 saturated carbocycles. The summed E-state index contributed by atoms with van der Waals surface area (Å²) in [5, 5.41) is 14.7. The number of H-pyrrole nitrogens is 1. The number of thiol groups is 1. The van der Waals surface area contributed by atoms with Crippen LogP contribution in [0.5, 0.6) is 11.5 Å². The fourth-order valence-corrected chi connectivity index (χ4v) is 3.36. The zero-order valence-corrected chi connectivity index (χ0v) is 18.7. The Labute approximate surface area is 188 Å². The van der Waals surface area contributed by atoms with E-state index in [0.717, 1.165) is 18.4 Å². The highest BCUT2D eigenvalue weighted by molar-refractivity contribution is 7.80. The molecule has 0 unspecified atom stereocenters. The lowest BCUT2D eigenvalue weighted by Crippen LogP contribution is -2.28. The predicted octanol–water partition coefficient (Wildman–Crippen LogP) is 3.91. The van der Waals surface area contributed by atoms with E-state index < -0.39 is 28.9 Å². The summed E-state index contributed by atoms with van der Waals surface area (Å²) in [6, 6.07) is 4.89. The summed E-state index contributed by atoms with van der Waals surface area (Å²) < 4.78 is 10.8. The second kappa shape index (κ2) is 8.72. The number of aryl methyl sites for hydroxylation is 1. The molecule has 166 valence electrons. The second-order valence-corrected chi connectivity index (χ2v) is 8.84. The second-order valence-electron chi connectivity index (χ2n) is 7.88. The average Bonchev–Trinajstić information content (AvgIpc) is 2.66. The Bertz CT molecular complexity index is 1100. The zero-order valence-electron chi connectivity index (χ0n) is 17.0. The number of hydrogen-bond acceptors (Lipinski definition) is 7. The van der Waals surface area contributed by atoms with E-state index in [1.54, 1.807) is 39.0 Å². The van der Waals surface area contributed by atoms with Gasteiger partial charge in [0.25, 0.3) is 11.5 Å². The van der Waals surface area contributed by atoms with Crippen molar-refractivity contribution in [2.24, 2.45) is 0 Å². The Morgan fingerprint density at radius 2 is 2.00 bits per heavy atom. The molecule has 0 fully saturated rings. The minimum absolute atomic E-state index is 0.209. The van der Waals surface area contributed by atoms with Crippen LogP contribution in [0.2, 0.25) is 5.15 Å². The number of hydrogen-bond donors (Lipinski definition) is 5. The van der Waals surface area contributed by atoms with Crippen LogP contribution in [-0.2, 0) is 11.2 Å². The molecule has 2 aromatic rings. The number of rotatable bonds is 3. The fraction of sp³-hybridized carbons (Fsp3) is 0.350. The molecule has 0 radical (unpaired) electrons. The maximum Gasteiger partial charge on any atom is 0.412 e. The number of nitrogens with one attached hydrogen (secondary N) is 3. The number of pyridine rings is 1. The predicted molar refractivity (Wildman–Crippen MR) is 120 cm³/mol. The third kappa shape index (κ3) is 5.45. The number of carbonyl (C=O) groups excluding carboxylic acids is 2. The third-order valence-corrected chi connectivity index (χ3v) is 4.91. The number of carbonyl (C=O) groups is 2. The van der Waals surface area contributed by atoms with Crippen LogP contribution in [0.3, 0.4) is 0 Å². The van der Waals surface area contributed by atoms with E-state index in [9.17, 15) is 19.5 Å². The van der Waals surface area contributed by atoms with Crippen molar-refractivity contribution in [1.29, 1.82) is 0 Å². The van der Waals surface area contributed by atoms with Gasteiger partial charge < -0.3 is 24.9 Å². The molecule has 2 amide bonds. The van der Waals surface area contributed by atoms with Gasteiger partial charge in [0.1, 0.15) is 33.3 Å². The van der Waals surface area contributed by atoms with Crippen molar-refractivity contribution in [2.75, 3.05) is 10.6 Å². The number of fused-ring (bicyclic) bond motifs is 1. The van der Waals surface area contributed by atoms with Crippen LogP contribution in [0, 0.1) is 0 Å². The van der Waals surface area contributed by atoms with Gasteiger partial charge in [0.2, 0.25) is 5.75 Å². The van der Waals surface area contributed by atoms with Crippen molar-refractivity contribution < 1.29 is 24.2 Å². The number of halogens is 1. The number of aromatic amines is 1. The Balaban J connectivity index is 1.91. The van der Waals surface area contributed by atoms with Crippen LogP contribution in [0.25, 0.3) is 0 Å². The van der Waals surface area contributed by atoms with Crippen molar-refractivity contribution in [2.45, 2.75) is 44.6 Å². The molecular formula is C20H22ClN3O6S. The number of anilines is 2. The van der Waals surface area contributed by atoms with Crippen molar-refractivity contribution in [3.05, 3.63) is 44.8 Å². The van der Waals surface area contributed by atoms with E-state index >= 15 is 0 Å². The zero-order chi connectivity index (χ0) is 22.9. The number of amides is 2. The van der Waals surface area contributed by atoms with Gasteiger partial charge in [0.05, 0.1) is 0 Å². The summed E-state index contributed by atoms with van der Waals surface area (Å²) in [5.41, 5.74) is -1.46. The summed E-state index contributed by atoms with van der Waals surface area (Å²) in [4.78, 5) is 39.1. The first-order valence-electron chi connectivity index (χ1n) is 9.38. The van der Waals surface area contributed by atoms with Crippen LogP contribution in [-0.4, -0.2) is 33.1 Å². The van der Waals surface area contributed by atoms with E-state index in [0.29, 0.717) is 5.75 Å². The quantitative estimate of drug-likeness (QED) is 0.343. The SMILES string of the molecule is CC(C)(C)OC(=O)Nc1c(Cl)[nH]c(=O)c(O)c1NC(=O)c1ccc2c(c1)O[C@@H](S)CC2. The van der Waals surface area contributed by atoms with Gasteiger partial charge in [0, 0.05) is 5.56 Å². The lowest BCUT2D eigenvalue weighted by molar-refractivity contribution is 0.0635. The number of aromatic nitrogens is 1. The average molecular weight is 468 g/mol. The topological polar surface area (TPSA) is 130 Å². The minimum Gasteiger partial charge on any atom is -0.502 e. The smallest absolute Gasteiger partial charge is 0.412 e. The Kier molecular flexibility index (Phi) is 6.42. The van der Waals surface area contributed by atoms with Crippen LogP contribution in [0.15, 0.2) is 23.0 Å². The summed E-state index contributed by atoms with van der Waals surface area (Å²) in [7, 11) is 0. The standard InChI is InChI=1S/C20H22ClN3O6S/c1-20(2,3)30-19(28)23-14-13(15(25)18(27)24-16(14)21)22-17(26)10-5-4-9-6-7-12(31)29-11(9)8-10/h4-5,8,12,25,31H,6-7H2,1-3H3,(H,23,28)(H2,22,24,26,27)/t12-/m0/s1. The van der Waals surface area contributed by atoms with Crippen molar-refractivity contribution in [3.8, 4) is 11.5 Å². The van der Waals surface area contributed by atoms with Crippen LogP contribution in [0.1, 0.15) is 43.1 Å². The van der Waals surface area contributed by atoms with E-state index in [-0.39, 0.29) is 27.5 Å². The number of aromatic hydroxyl groups is 1. The van der Waals surface area contributed by atoms with Gasteiger partial charge in [-0.1, -0.05) is 17.7 Å². The molecule has 0 saturated heterocycles. The van der Waals surface area contributed by atoms with E-state index in [4.69, 9.17) is 21.1 Å². The maximum atomic E-state index is 12.8. The largest absolute Gasteiger partial charge is 0.502 e. The number of benzene rings is 1. The van der Waals surface area contributed by atoms with Gasteiger partial charge in [0.15, 0.2) is 0 Å². The monoisotopic (exact) mass is 467 g/mol. The Morgan fingerprint density at radius 1 is 1.29 bits per heavy atom. The Morgan fingerprint density at radius 3 is 2.68 bits per heavy atom. The molecule has 1 aliphatic heterocycles. The molecule has 9 nitrogen and oxygen atoms in total. The highest BCUT2D eigenvalue weighted by Gasteiger charge is 2.24. The minimum atomic E-state index is -0.943. The molecule has 0 spiro atoms. The molecule has 11 heteroatoms. The van der Waals surface area contributed by atoms with Crippen molar-refractivity contribution in [1.82, 2.24) is 4.98 Å². The summed E-state index contributed by atoms with van der Waals surface area (Å²) in [6.07, 6.45) is 0.624. The third-order valence-electron chi connectivity index (χ3n) is 4.26. The van der Waals surface area contributed by atoms with E-state index in [1.807, 2.05) is 0 Å². The molecule has 1 aliphatic rings. The molecule has 2 heterocycles. The molecule has 0 bridgehead atoms. The van der Waals surface area contributed by atoms with Gasteiger partial charge in [-0.3, -0.25) is 14.9 Å². The van der Waals surface area contributed by atoms with Gasteiger partial charge in [-0.25, -0.2) is 4.79 Å². The fourth-order valence-electron chi connectivity index (χ4n) is 2.89. The lowest BCUT2D eigenvalue weighted by atomic mass is 10.0. The molecule has 31 heavy (non-hydrogen) atoms. The molecule has 1 aromatic heterocycles. The highest BCUT2D eigenvalue weighted by atomic mass is 35.5. The van der Waals surface area contributed by atoms with Gasteiger partial charge in [-0.15, -0.1) is 12.6 Å². The molecular weight excluding hydrogens is 446 g/mol. The summed E-state index contributed by atoms with van der Waals surface area (Å²) in [5.74, 6) is -0.954. The first-order valence-corrected chi connectivity index (χ1v) is 10.3. The van der Waals surface area contributed by atoms with Crippen molar-refractivity contribution >= 4 is 47.6 Å². The summed E-state index contributed by atoms with van der Waals surface area (Å²) in [6.45, 7) is 4.98. The van der Waals surface area contributed by atoms with Gasteiger partial charge in [-0.05, 0) is 51.3 Å². The van der Waals surface area contributed by atoms with Crippen LogP contribution in [0.4, 0.5) is 16.2 Å². The molecule has 3 rings (SSSR count). The first-order chi connectivity index (χ1) is 14.4. The lowest BCUT2D eigenvalue weighted by Gasteiger charge is -2.23. The first kappa shape index (κ1) is 22.8. The normalized spacial score (nSPS) is 15.5. The number of ether oxygens (including phenoxy) is 2. The van der Waals surface area contributed by atoms with Crippen molar-refractivity contribution in [3.63, 3.8) is 0 Å². The molecule has 1 atom stereocenters. The molecule has 0 aliphatic carbocycles. The maximum absolute atomic E-state index is 12.8. The van der Waals surface area contributed by atoms with E-state index in [1.165, 1.54) is 0 Å². The molecule has 4 N–H and O–H groups in total. The molecule has 1 aromatic carbocycles. The van der Waals surface area contributed by atoms with Crippen LogP contribution >= 0.6 is 24.2 Å². The van der Waals surface area contributed by atoms with Gasteiger partial charge in [-0.2, -0.15) is 0 Å². The Hall–Kier alpha value is -2.85. The highest BCUT2D eigenvalue weighted by Crippen LogP contribution is 2.35.